The number of para-hydroxylation sites is 1. The SMILES string of the molecule is Cn1cc(SCC(=O)N2N=C(c3ccc(Br)cc3)CC2c2ccc(F)cc2)c2ccccc21. The molecule has 1 aliphatic heterocycles. The second kappa shape index (κ2) is 9.15. The molecule has 0 radical (unpaired) electrons. The minimum Gasteiger partial charge on any atom is -0.349 e. The summed E-state index contributed by atoms with van der Waals surface area (Å²) in [6.45, 7) is 0. The van der Waals surface area contributed by atoms with Crippen molar-refractivity contribution in [3.8, 4) is 0 Å². The lowest BCUT2D eigenvalue weighted by Crippen LogP contribution is -2.28. The molecule has 33 heavy (non-hydrogen) atoms. The highest BCUT2D eigenvalue weighted by Gasteiger charge is 2.33. The molecule has 1 aliphatic rings. The van der Waals surface area contributed by atoms with E-state index in [0.717, 1.165) is 37.1 Å². The van der Waals surface area contributed by atoms with Crippen LogP contribution in [0.1, 0.15) is 23.6 Å². The van der Waals surface area contributed by atoms with Gasteiger partial charge in [-0.05, 0) is 41.5 Å². The van der Waals surface area contributed by atoms with E-state index in [4.69, 9.17) is 5.10 Å². The molecule has 0 N–H and O–H groups in total. The van der Waals surface area contributed by atoms with Crippen molar-refractivity contribution in [3.05, 3.63) is 100 Å². The fourth-order valence-corrected chi connectivity index (χ4v) is 5.36. The summed E-state index contributed by atoms with van der Waals surface area (Å²) < 4.78 is 16.6. The topological polar surface area (TPSA) is 37.6 Å². The first-order valence-corrected chi connectivity index (χ1v) is 12.4. The molecule has 0 fully saturated rings. The molecule has 1 unspecified atom stereocenters. The number of carbonyl (C=O) groups is 1. The number of fused-ring (bicyclic) bond motifs is 1. The zero-order valence-electron chi connectivity index (χ0n) is 17.9. The fraction of sp³-hybridized carbons (Fsp3) is 0.154. The maximum Gasteiger partial charge on any atom is 0.253 e. The molecular weight excluding hydrogens is 501 g/mol. The van der Waals surface area contributed by atoms with Crippen LogP contribution in [-0.4, -0.2) is 26.9 Å². The highest BCUT2D eigenvalue weighted by atomic mass is 79.9. The second-order valence-electron chi connectivity index (χ2n) is 7.97. The molecule has 166 valence electrons. The molecule has 0 bridgehead atoms. The van der Waals surface area contributed by atoms with Crippen LogP contribution in [0.5, 0.6) is 0 Å². The Morgan fingerprint density at radius 3 is 2.58 bits per heavy atom. The van der Waals surface area contributed by atoms with Crippen molar-refractivity contribution in [2.45, 2.75) is 17.4 Å². The van der Waals surface area contributed by atoms with Crippen molar-refractivity contribution >= 4 is 50.2 Å². The number of hydrogen-bond acceptors (Lipinski definition) is 3. The molecule has 4 nitrogen and oxygen atoms in total. The lowest BCUT2D eigenvalue weighted by atomic mass is 9.98. The van der Waals surface area contributed by atoms with Crippen LogP contribution in [0, 0.1) is 5.82 Å². The first-order chi connectivity index (χ1) is 16.0. The summed E-state index contributed by atoms with van der Waals surface area (Å²) >= 11 is 4.98. The van der Waals surface area contributed by atoms with Crippen molar-refractivity contribution in [3.63, 3.8) is 0 Å². The Morgan fingerprint density at radius 2 is 1.82 bits per heavy atom. The molecule has 1 amide bonds. The van der Waals surface area contributed by atoms with Gasteiger partial charge in [-0.3, -0.25) is 4.79 Å². The van der Waals surface area contributed by atoms with Gasteiger partial charge in [-0.25, -0.2) is 9.40 Å². The molecule has 0 spiro atoms. The van der Waals surface area contributed by atoms with E-state index in [1.54, 1.807) is 17.1 Å². The second-order valence-corrected chi connectivity index (χ2v) is 9.91. The molecule has 5 rings (SSSR count). The van der Waals surface area contributed by atoms with Gasteiger partial charge >= 0.3 is 0 Å². The van der Waals surface area contributed by atoms with Gasteiger partial charge in [0.1, 0.15) is 5.82 Å². The quantitative estimate of drug-likeness (QED) is 0.279. The van der Waals surface area contributed by atoms with Crippen molar-refractivity contribution in [1.82, 2.24) is 9.58 Å². The number of hydrogen-bond donors (Lipinski definition) is 0. The first-order valence-electron chi connectivity index (χ1n) is 10.6. The van der Waals surface area contributed by atoms with Crippen molar-refractivity contribution in [1.29, 1.82) is 0 Å². The summed E-state index contributed by atoms with van der Waals surface area (Å²) in [5, 5.41) is 7.43. The fourth-order valence-electron chi connectivity index (χ4n) is 4.13. The molecule has 4 aromatic rings. The van der Waals surface area contributed by atoms with Gasteiger partial charge in [0.05, 0.1) is 17.5 Å². The van der Waals surface area contributed by atoms with E-state index in [2.05, 4.69) is 38.8 Å². The maximum atomic E-state index is 13.5. The zero-order valence-corrected chi connectivity index (χ0v) is 20.3. The van der Waals surface area contributed by atoms with Gasteiger partial charge in [0.2, 0.25) is 0 Å². The predicted octanol–water partition coefficient (Wildman–Crippen LogP) is 6.55. The van der Waals surface area contributed by atoms with Gasteiger partial charge in [0.15, 0.2) is 0 Å². The number of nitrogens with zero attached hydrogens (tertiary/aromatic N) is 3. The van der Waals surface area contributed by atoms with Gasteiger partial charge < -0.3 is 4.57 Å². The summed E-state index contributed by atoms with van der Waals surface area (Å²) in [5.41, 5.74) is 3.83. The van der Waals surface area contributed by atoms with E-state index in [9.17, 15) is 9.18 Å². The molecule has 0 saturated carbocycles. The minimum absolute atomic E-state index is 0.0747. The summed E-state index contributed by atoms with van der Waals surface area (Å²) in [5.74, 6) is -0.104. The lowest BCUT2D eigenvalue weighted by Gasteiger charge is -2.22. The van der Waals surface area contributed by atoms with Crippen LogP contribution in [0.2, 0.25) is 0 Å². The Labute approximate surface area is 204 Å². The summed E-state index contributed by atoms with van der Waals surface area (Å²) in [7, 11) is 2.01. The Hall–Kier alpha value is -2.90. The van der Waals surface area contributed by atoms with Crippen molar-refractivity contribution in [2.75, 3.05) is 5.75 Å². The van der Waals surface area contributed by atoms with Gasteiger partial charge in [0.25, 0.3) is 5.91 Å². The van der Waals surface area contributed by atoms with Gasteiger partial charge in [-0.2, -0.15) is 5.10 Å². The predicted molar refractivity (Wildman–Crippen MR) is 135 cm³/mol. The normalized spacial score (nSPS) is 15.8. The van der Waals surface area contributed by atoms with E-state index in [-0.39, 0.29) is 23.5 Å². The number of rotatable bonds is 5. The number of thioether (sulfide) groups is 1. The third-order valence-electron chi connectivity index (χ3n) is 5.81. The zero-order chi connectivity index (χ0) is 22.9. The number of carbonyl (C=O) groups excluding carboxylic acids is 1. The molecule has 0 saturated heterocycles. The number of halogens is 2. The van der Waals surface area contributed by atoms with Crippen molar-refractivity contribution < 1.29 is 9.18 Å². The van der Waals surface area contributed by atoms with Crippen LogP contribution in [0.3, 0.4) is 0 Å². The Kier molecular flexibility index (Phi) is 6.08. The molecule has 1 aromatic heterocycles. The number of amides is 1. The Morgan fingerprint density at radius 1 is 1.09 bits per heavy atom. The maximum absolute atomic E-state index is 13.5. The van der Waals surface area contributed by atoms with Crippen LogP contribution in [0.25, 0.3) is 10.9 Å². The van der Waals surface area contributed by atoms with Gasteiger partial charge in [-0.15, -0.1) is 11.8 Å². The van der Waals surface area contributed by atoms with Gasteiger partial charge in [-0.1, -0.05) is 58.4 Å². The van der Waals surface area contributed by atoms with E-state index < -0.39 is 0 Å². The van der Waals surface area contributed by atoms with E-state index in [1.165, 1.54) is 23.9 Å². The van der Waals surface area contributed by atoms with Crippen LogP contribution in [0.15, 0.2) is 93.5 Å². The van der Waals surface area contributed by atoms with Crippen molar-refractivity contribution in [2.24, 2.45) is 12.1 Å². The monoisotopic (exact) mass is 521 g/mol. The molecule has 2 heterocycles. The number of hydrazone groups is 1. The van der Waals surface area contributed by atoms with Gasteiger partial charge in [0, 0.05) is 39.9 Å². The van der Waals surface area contributed by atoms with E-state index in [1.807, 2.05) is 43.4 Å². The molecular formula is C26H21BrFN3OS. The standard InChI is InChI=1S/C26H21BrFN3OS/c1-30-15-25(21-4-2-3-5-23(21)30)33-16-26(32)31-24(18-8-12-20(28)13-9-18)14-22(29-31)17-6-10-19(27)11-7-17/h2-13,15,24H,14,16H2,1H3. The molecule has 0 aliphatic carbocycles. The highest BCUT2D eigenvalue weighted by molar-refractivity contribution is 9.10. The van der Waals surface area contributed by atoms with Crippen LogP contribution >= 0.6 is 27.7 Å². The Balaban J connectivity index is 1.41. The first kappa shape index (κ1) is 21.9. The summed E-state index contributed by atoms with van der Waals surface area (Å²) in [4.78, 5) is 14.4. The van der Waals surface area contributed by atoms with Crippen LogP contribution in [-0.2, 0) is 11.8 Å². The third-order valence-corrected chi connectivity index (χ3v) is 7.37. The summed E-state index contributed by atoms with van der Waals surface area (Å²) in [6.07, 6.45) is 2.64. The number of aryl methyl sites for hydroxylation is 1. The van der Waals surface area contributed by atoms with E-state index >= 15 is 0 Å². The molecule has 3 aromatic carbocycles. The largest absolute Gasteiger partial charge is 0.349 e. The lowest BCUT2D eigenvalue weighted by molar-refractivity contribution is -0.130. The molecule has 7 heteroatoms. The van der Waals surface area contributed by atoms with E-state index in [0.29, 0.717) is 6.42 Å². The van der Waals surface area contributed by atoms with Crippen LogP contribution in [0.4, 0.5) is 4.39 Å². The third kappa shape index (κ3) is 4.48. The number of aromatic nitrogens is 1. The minimum atomic E-state index is -0.296. The molecule has 1 atom stereocenters. The smallest absolute Gasteiger partial charge is 0.253 e. The van der Waals surface area contributed by atoms with Crippen LogP contribution < -0.4 is 0 Å². The number of benzene rings is 3. The highest BCUT2D eigenvalue weighted by Crippen LogP contribution is 2.35. The average Bonchev–Trinajstić information content (AvgIpc) is 3.41. The average molecular weight is 522 g/mol. The summed E-state index contributed by atoms with van der Waals surface area (Å²) in [6, 6.07) is 22.1. The Bertz CT molecular complexity index is 1350.